The van der Waals surface area contributed by atoms with Crippen LogP contribution in [0.4, 0.5) is 5.00 Å². The third-order valence-electron chi connectivity index (χ3n) is 5.67. The number of carbonyl (C=O) groups is 2. The van der Waals surface area contributed by atoms with Crippen molar-refractivity contribution in [3.05, 3.63) is 45.8 Å². The maximum absolute atomic E-state index is 12.2. The highest BCUT2D eigenvalue weighted by Crippen LogP contribution is 2.44. The number of thiophene rings is 1. The molecule has 0 radical (unpaired) electrons. The molecule has 1 aromatic carbocycles. The maximum Gasteiger partial charge on any atom is 0.264 e. The van der Waals surface area contributed by atoms with Gasteiger partial charge in [-0.15, -0.1) is 11.3 Å². The summed E-state index contributed by atoms with van der Waals surface area (Å²) in [6.45, 7) is 8.48. The molecule has 0 fully saturated rings. The first-order valence-electron chi connectivity index (χ1n) is 10.3. The van der Waals surface area contributed by atoms with Crippen molar-refractivity contribution >= 4 is 45.5 Å². The number of hydrogen-bond donors (Lipinski definition) is 3. The van der Waals surface area contributed by atoms with E-state index >= 15 is 0 Å². The van der Waals surface area contributed by atoms with E-state index in [1.807, 2.05) is 25.1 Å². The van der Waals surface area contributed by atoms with Crippen LogP contribution in [0.15, 0.2) is 24.3 Å². The highest BCUT2D eigenvalue weighted by molar-refractivity contribution is 7.80. The minimum Gasteiger partial charge on any atom is -0.483 e. The number of amides is 2. The Morgan fingerprint density at radius 1 is 1.29 bits per heavy atom. The van der Waals surface area contributed by atoms with Crippen LogP contribution >= 0.6 is 23.6 Å². The van der Waals surface area contributed by atoms with Gasteiger partial charge in [-0.3, -0.25) is 14.9 Å². The number of benzene rings is 1. The third-order valence-corrected chi connectivity index (χ3v) is 7.04. The number of ether oxygens (including phenoxy) is 1. The second-order valence-corrected chi connectivity index (χ2v) is 10.4. The molecule has 0 saturated heterocycles. The number of primary amides is 1. The van der Waals surface area contributed by atoms with Crippen molar-refractivity contribution in [3.63, 3.8) is 0 Å². The molecule has 8 heteroatoms. The molecule has 1 heterocycles. The quantitative estimate of drug-likeness (QED) is 0.583. The van der Waals surface area contributed by atoms with Crippen LogP contribution in [0.3, 0.4) is 0 Å². The van der Waals surface area contributed by atoms with E-state index in [0.717, 1.165) is 30.4 Å². The van der Waals surface area contributed by atoms with Crippen molar-refractivity contribution in [2.75, 3.05) is 11.9 Å². The van der Waals surface area contributed by atoms with Crippen molar-refractivity contribution in [2.24, 2.45) is 17.1 Å². The maximum atomic E-state index is 12.2. The van der Waals surface area contributed by atoms with E-state index in [1.54, 1.807) is 6.07 Å². The summed E-state index contributed by atoms with van der Waals surface area (Å²) in [5, 5.41) is 6.33. The summed E-state index contributed by atoms with van der Waals surface area (Å²) < 4.78 is 5.55. The average Bonchev–Trinajstić information content (AvgIpc) is 3.03. The Hall–Kier alpha value is -2.45. The lowest BCUT2D eigenvalue weighted by molar-refractivity contribution is -0.121. The number of nitrogens with one attached hydrogen (secondary N) is 2. The van der Waals surface area contributed by atoms with E-state index in [0.29, 0.717) is 22.2 Å². The highest BCUT2D eigenvalue weighted by atomic mass is 32.1. The molecule has 1 aliphatic carbocycles. The predicted octanol–water partition coefficient (Wildman–Crippen LogP) is 4.20. The van der Waals surface area contributed by atoms with Crippen LogP contribution < -0.4 is 21.1 Å². The monoisotopic (exact) mass is 459 g/mol. The molecule has 1 aromatic heterocycles. The van der Waals surface area contributed by atoms with Gasteiger partial charge in [0.1, 0.15) is 10.8 Å². The zero-order valence-corrected chi connectivity index (χ0v) is 20.0. The lowest BCUT2D eigenvalue weighted by atomic mass is 9.72. The second-order valence-electron chi connectivity index (χ2n) is 8.93. The molecule has 3 rings (SSSR count). The van der Waals surface area contributed by atoms with Gasteiger partial charge in [0, 0.05) is 4.88 Å². The van der Waals surface area contributed by atoms with Crippen LogP contribution in [0.2, 0.25) is 0 Å². The lowest BCUT2D eigenvalue weighted by Crippen LogP contribution is -2.37. The molecule has 1 aliphatic rings. The summed E-state index contributed by atoms with van der Waals surface area (Å²) in [5.41, 5.74) is 8.32. The number of hydrogen-bond acceptors (Lipinski definition) is 5. The number of aryl methyl sites for hydroxylation is 1. The van der Waals surface area contributed by atoms with E-state index in [-0.39, 0.29) is 23.0 Å². The summed E-state index contributed by atoms with van der Waals surface area (Å²) in [5.74, 6) is 0.325. The number of carbonyl (C=O) groups excluding carboxylic acids is 2. The van der Waals surface area contributed by atoms with E-state index < -0.39 is 5.91 Å². The number of para-hydroxylation sites is 1. The summed E-state index contributed by atoms with van der Waals surface area (Å²) in [6.07, 6.45) is 2.75. The Morgan fingerprint density at radius 3 is 2.65 bits per heavy atom. The van der Waals surface area contributed by atoms with Crippen molar-refractivity contribution < 1.29 is 14.3 Å². The van der Waals surface area contributed by atoms with Crippen LogP contribution in [-0.4, -0.2) is 23.5 Å². The molecule has 0 spiro atoms. The number of fused-ring (bicyclic) bond motifs is 1. The summed E-state index contributed by atoms with van der Waals surface area (Å²) in [7, 11) is 0. The van der Waals surface area contributed by atoms with Gasteiger partial charge in [0.2, 0.25) is 0 Å². The van der Waals surface area contributed by atoms with E-state index in [2.05, 4.69) is 31.4 Å². The van der Waals surface area contributed by atoms with Gasteiger partial charge < -0.3 is 15.8 Å². The Balaban J connectivity index is 1.66. The van der Waals surface area contributed by atoms with Crippen molar-refractivity contribution in [3.8, 4) is 5.75 Å². The molecular weight excluding hydrogens is 430 g/mol. The molecule has 0 aliphatic heterocycles. The van der Waals surface area contributed by atoms with Gasteiger partial charge in [-0.1, -0.05) is 39.0 Å². The lowest BCUT2D eigenvalue weighted by Gasteiger charge is -2.33. The molecule has 0 bridgehead atoms. The first-order valence-corrected chi connectivity index (χ1v) is 11.5. The highest BCUT2D eigenvalue weighted by Gasteiger charge is 2.33. The summed E-state index contributed by atoms with van der Waals surface area (Å²) in [6, 6.07) is 7.47. The minimum atomic E-state index is -0.480. The molecule has 0 saturated carbocycles. The number of nitrogens with two attached hydrogens (primary N) is 1. The SMILES string of the molecule is Cc1ccccc1OCC(=O)NC(=S)Nc1sc2c(c1C(N)=O)CC[C@H](C(C)(C)C)C2. The van der Waals surface area contributed by atoms with Crippen LogP contribution in [0, 0.1) is 18.3 Å². The molecule has 0 unspecified atom stereocenters. The van der Waals surface area contributed by atoms with E-state index in [1.165, 1.54) is 16.2 Å². The fourth-order valence-corrected chi connectivity index (χ4v) is 5.45. The van der Waals surface area contributed by atoms with Crippen molar-refractivity contribution in [1.29, 1.82) is 0 Å². The van der Waals surface area contributed by atoms with Gasteiger partial charge in [-0.05, 0) is 66.9 Å². The molecule has 6 nitrogen and oxygen atoms in total. The normalized spacial score (nSPS) is 15.7. The summed E-state index contributed by atoms with van der Waals surface area (Å²) in [4.78, 5) is 25.6. The van der Waals surface area contributed by atoms with Gasteiger partial charge in [0.25, 0.3) is 11.8 Å². The van der Waals surface area contributed by atoms with Crippen LogP contribution in [0.5, 0.6) is 5.75 Å². The smallest absolute Gasteiger partial charge is 0.264 e. The van der Waals surface area contributed by atoms with Gasteiger partial charge in [-0.2, -0.15) is 0 Å². The van der Waals surface area contributed by atoms with E-state index in [9.17, 15) is 9.59 Å². The predicted molar refractivity (Wildman–Crippen MR) is 129 cm³/mol. The van der Waals surface area contributed by atoms with Crippen molar-refractivity contribution in [2.45, 2.75) is 47.0 Å². The van der Waals surface area contributed by atoms with Gasteiger partial charge in [0.05, 0.1) is 5.56 Å². The molecule has 31 heavy (non-hydrogen) atoms. The fourth-order valence-electron chi connectivity index (χ4n) is 3.83. The average molecular weight is 460 g/mol. The van der Waals surface area contributed by atoms with Gasteiger partial charge in [-0.25, -0.2) is 0 Å². The zero-order valence-electron chi connectivity index (χ0n) is 18.3. The van der Waals surface area contributed by atoms with Crippen LogP contribution in [-0.2, 0) is 17.6 Å². The molecule has 1 atom stereocenters. The molecular formula is C23H29N3O3S2. The Bertz CT molecular complexity index is 1010. The van der Waals surface area contributed by atoms with Crippen LogP contribution in [0.25, 0.3) is 0 Å². The number of thiocarbonyl (C=S) groups is 1. The first-order chi connectivity index (χ1) is 14.6. The summed E-state index contributed by atoms with van der Waals surface area (Å²) >= 11 is 6.79. The third kappa shape index (κ3) is 5.62. The second kappa shape index (κ2) is 9.36. The number of anilines is 1. The van der Waals surface area contributed by atoms with E-state index in [4.69, 9.17) is 22.7 Å². The van der Waals surface area contributed by atoms with Gasteiger partial charge >= 0.3 is 0 Å². The Morgan fingerprint density at radius 2 is 2.00 bits per heavy atom. The molecule has 2 aromatic rings. The largest absolute Gasteiger partial charge is 0.483 e. The standard InChI is InChI=1S/C23H29N3O3S2/c1-13-7-5-6-8-16(13)29-12-18(27)25-22(30)26-21-19(20(24)28)15-10-9-14(23(2,3)4)11-17(15)31-21/h5-8,14H,9-12H2,1-4H3,(H2,24,28)(H2,25,26,27,30)/t14-/m0/s1. The minimum absolute atomic E-state index is 0.117. The molecule has 2 amide bonds. The van der Waals surface area contributed by atoms with Crippen molar-refractivity contribution in [1.82, 2.24) is 5.32 Å². The Labute approximate surface area is 192 Å². The molecule has 4 N–H and O–H groups in total. The fraction of sp³-hybridized carbons (Fsp3) is 0.435. The first kappa shape index (κ1) is 23.2. The number of rotatable bonds is 5. The molecule has 166 valence electrons. The van der Waals surface area contributed by atoms with Crippen LogP contribution in [0.1, 0.15) is 53.6 Å². The van der Waals surface area contributed by atoms with Gasteiger partial charge in [0.15, 0.2) is 11.7 Å². The Kier molecular flexibility index (Phi) is 7.01. The topological polar surface area (TPSA) is 93.4 Å². The zero-order chi connectivity index (χ0) is 22.8.